The summed E-state index contributed by atoms with van der Waals surface area (Å²) < 4.78 is 5.40. The van der Waals surface area contributed by atoms with Gasteiger partial charge in [-0.05, 0) is 43.0 Å². The lowest BCUT2D eigenvalue weighted by molar-refractivity contribution is -0.118. The number of carbonyl (C=O) groups excluding carboxylic acids is 1. The first-order chi connectivity index (χ1) is 8.74. The Morgan fingerprint density at radius 2 is 2.06 bits per heavy atom. The van der Waals surface area contributed by atoms with E-state index in [0.717, 1.165) is 23.9 Å². The lowest BCUT2D eigenvalue weighted by Crippen LogP contribution is -2.20. The minimum atomic E-state index is -0.339. The minimum Gasteiger partial charge on any atom is -0.493 e. The highest BCUT2D eigenvalue weighted by molar-refractivity contribution is 5.73. The van der Waals surface area contributed by atoms with Crippen LogP contribution in [-0.4, -0.2) is 19.1 Å². The van der Waals surface area contributed by atoms with Crippen LogP contribution in [0.4, 0.5) is 5.69 Å². The summed E-state index contributed by atoms with van der Waals surface area (Å²) in [6.45, 7) is 1.39. The van der Waals surface area contributed by atoms with Crippen LogP contribution in [-0.2, 0) is 4.79 Å². The first-order valence-corrected chi connectivity index (χ1v) is 6.49. The van der Waals surface area contributed by atoms with Crippen LogP contribution in [0.2, 0.25) is 0 Å². The van der Waals surface area contributed by atoms with Crippen molar-refractivity contribution in [2.45, 2.75) is 25.7 Å². The highest BCUT2D eigenvalue weighted by Crippen LogP contribution is 2.26. The molecule has 4 nitrogen and oxygen atoms in total. The van der Waals surface area contributed by atoms with Crippen molar-refractivity contribution in [1.82, 2.24) is 0 Å². The van der Waals surface area contributed by atoms with E-state index >= 15 is 0 Å². The van der Waals surface area contributed by atoms with Crippen molar-refractivity contribution in [2.24, 2.45) is 11.7 Å². The van der Waals surface area contributed by atoms with Crippen molar-refractivity contribution >= 4 is 11.6 Å². The van der Waals surface area contributed by atoms with Crippen molar-refractivity contribution in [1.29, 1.82) is 0 Å². The van der Waals surface area contributed by atoms with Crippen LogP contribution in [0.5, 0.6) is 5.75 Å². The van der Waals surface area contributed by atoms with Gasteiger partial charge in [0.05, 0.1) is 13.0 Å². The number of hydrogen-bond acceptors (Lipinski definition) is 3. The molecular weight excluding hydrogens is 228 g/mol. The Balaban J connectivity index is 1.72. The molecule has 98 valence electrons. The number of primary amides is 1. The van der Waals surface area contributed by atoms with Crippen molar-refractivity contribution in [3.63, 3.8) is 0 Å². The van der Waals surface area contributed by atoms with E-state index in [9.17, 15) is 4.79 Å². The quantitative estimate of drug-likeness (QED) is 0.777. The summed E-state index contributed by atoms with van der Waals surface area (Å²) in [7, 11) is 0. The first-order valence-electron chi connectivity index (χ1n) is 6.49. The van der Waals surface area contributed by atoms with Gasteiger partial charge < -0.3 is 15.8 Å². The second-order valence-corrected chi connectivity index (χ2v) is 4.77. The standard InChI is InChI=1S/C14H20N2O2/c15-14(17)8-9-18-13-6-4-12(5-7-13)16-10-11-2-1-3-11/h4-7,11,16H,1-3,8-10H2,(H2,15,17). The molecule has 0 unspecified atom stereocenters. The van der Waals surface area contributed by atoms with E-state index in [1.54, 1.807) is 0 Å². The van der Waals surface area contributed by atoms with Gasteiger partial charge in [0, 0.05) is 12.2 Å². The van der Waals surface area contributed by atoms with Crippen LogP contribution < -0.4 is 15.8 Å². The van der Waals surface area contributed by atoms with E-state index in [-0.39, 0.29) is 12.3 Å². The average molecular weight is 248 g/mol. The van der Waals surface area contributed by atoms with Gasteiger partial charge in [0.15, 0.2) is 0 Å². The number of nitrogens with two attached hydrogens (primary N) is 1. The summed E-state index contributed by atoms with van der Waals surface area (Å²) >= 11 is 0. The number of benzene rings is 1. The number of nitrogens with one attached hydrogen (secondary N) is 1. The predicted octanol–water partition coefficient (Wildman–Crippen LogP) is 2.15. The zero-order valence-electron chi connectivity index (χ0n) is 10.5. The molecular formula is C14H20N2O2. The monoisotopic (exact) mass is 248 g/mol. The molecule has 3 N–H and O–H groups in total. The van der Waals surface area contributed by atoms with E-state index in [1.807, 2.05) is 24.3 Å². The maximum absolute atomic E-state index is 10.6. The molecule has 1 aliphatic carbocycles. The number of rotatable bonds is 7. The van der Waals surface area contributed by atoms with Gasteiger partial charge in [-0.1, -0.05) is 6.42 Å². The van der Waals surface area contributed by atoms with Crippen molar-refractivity contribution in [3.05, 3.63) is 24.3 Å². The number of hydrogen-bond donors (Lipinski definition) is 2. The second kappa shape index (κ2) is 6.28. The lowest BCUT2D eigenvalue weighted by atomic mass is 9.85. The molecule has 0 radical (unpaired) electrons. The Hall–Kier alpha value is -1.71. The zero-order valence-corrected chi connectivity index (χ0v) is 10.5. The molecule has 1 amide bonds. The summed E-state index contributed by atoms with van der Waals surface area (Å²) in [6.07, 6.45) is 4.32. The summed E-state index contributed by atoms with van der Waals surface area (Å²) in [4.78, 5) is 10.6. The molecule has 2 rings (SSSR count). The van der Waals surface area contributed by atoms with Gasteiger partial charge >= 0.3 is 0 Å². The van der Waals surface area contributed by atoms with Gasteiger partial charge in [-0.2, -0.15) is 0 Å². The van der Waals surface area contributed by atoms with E-state index < -0.39 is 0 Å². The zero-order chi connectivity index (χ0) is 12.8. The molecule has 0 saturated heterocycles. The number of anilines is 1. The highest BCUT2D eigenvalue weighted by atomic mass is 16.5. The molecule has 1 aromatic rings. The molecule has 0 aromatic heterocycles. The van der Waals surface area contributed by atoms with Crippen molar-refractivity contribution in [2.75, 3.05) is 18.5 Å². The SMILES string of the molecule is NC(=O)CCOc1ccc(NCC2CCC2)cc1. The number of amides is 1. The third-order valence-corrected chi connectivity index (χ3v) is 3.29. The molecule has 0 bridgehead atoms. The molecule has 4 heteroatoms. The highest BCUT2D eigenvalue weighted by Gasteiger charge is 2.16. The Labute approximate surface area is 108 Å². The molecule has 1 aromatic carbocycles. The Kier molecular flexibility index (Phi) is 4.45. The van der Waals surface area contributed by atoms with Crippen LogP contribution >= 0.6 is 0 Å². The van der Waals surface area contributed by atoms with E-state index in [0.29, 0.717) is 6.61 Å². The van der Waals surface area contributed by atoms with Gasteiger partial charge in [0.2, 0.25) is 5.91 Å². The van der Waals surface area contributed by atoms with Gasteiger partial charge in [-0.15, -0.1) is 0 Å². The summed E-state index contributed by atoms with van der Waals surface area (Å²) in [5, 5.41) is 3.42. The molecule has 0 spiro atoms. The second-order valence-electron chi connectivity index (χ2n) is 4.77. The Morgan fingerprint density at radius 1 is 1.33 bits per heavy atom. The number of carbonyl (C=O) groups is 1. The maximum Gasteiger partial charge on any atom is 0.220 e. The first kappa shape index (κ1) is 12.7. The summed E-state index contributed by atoms with van der Waals surface area (Å²) in [6, 6.07) is 7.81. The maximum atomic E-state index is 10.6. The fraction of sp³-hybridized carbons (Fsp3) is 0.500. The van der Waals surface area contributed by atoms with Gasteiger partial charge in [0.25, 0.3) is 0 Å². The third-order valence-electron chi connectivity index (χ3n) is 3.29. The summed E-state index contributed by atoms with van der Waals surface area (Å²) in [5.74, 6) is 1.27. The van der Waals surface area contributed by atoms with Gasteiger partial charge in [-0.25, -0.2) is 0 Å². The smallest absolute Gasteiger partial charge is 0.220 e. The van der Waals surface area contributed by atoms with Crippen LogP contribution in [0.3, 0.4) is 0 Å². The molecule has 0 heterocycles. The Morgan fingerprint density at radius 3 is 2.61 bits per heavy atom. The topological polar surface area (TPSA) is 64.4 Å². The lowest BCUT2D eigenvalue weighted by Gasteiger charge is -2.25. The van der Waals surface area contributed by atoms with Gasteiger partial charge in [0.1, 0.15) is 5.75 Å². The van der Waals surface area contributed by atoms with E-state index in [1.165, 1.54) is 19.3 Å². The van der Waals surface area contributed by atoms with E-state index in [2.05, 4.69) is 5.32 Å². The molecule has 1 fully saturated rings. The molecule has 0 atom stereocenters. The number of ether oxygens (including phenoxy) is 1. The molecule has 0 aliphatic heterocycles. The van der Waals surface area contributed by atoms with Crippen LogP contribution in [0, 0.1) is 5.92 Å². The average Bonchev–Trinajstić information content (AvgIpc) is 2.28. The van der Waals surface area contributed by atoms with Crippen molar-refractivity contribution < 1.29 is 9.53 Å². The predicted molar refractivity (Wildman–Crippen MR) is 71.6 cm³/mol. The van der Waals surface area contributed by atoms with E-state index in [4.69, 9.17) is 10.5 Å². The van der Waals surface area contributed by atoms with Crippen LogP contribution in [0.1, 0.15) is 25.7 Å². The van der Waals surface area contributed by atoms with Crippen LogP contribution in [0.15, 0.2) is 24.3 Å². The van der Waals surface area contributed by atoms with Crippen molar-refractivity contribution in [3.8, 4) is 5.75 Å². The Bertz CT molecular complexity index is 385. The van der Waals surface area contributed by atoms with Crippen LogP contribution in [0.25, 0.3) is 0 Å². The third kappa shape index (κ3) is 3.95. The molecule has 1 aliphatic rings. The molecule has 18 heavy (non-hydrogen) atoms. The largest absolute Gasteiger partial charge is 0.493 e. The molecule has 1 saturated carbocycles. The minimum absolute atomic E-state index is 0.252. The normalized spacial score (nSPS) is 14.9. The fourth-order valence-electron chi connectivity index (χ4n) is 1.90. The fourth-order valence-corrected chi connectivity index (χ4v) is 1.90. The summed E-state index contributed by atoms with van der Waals surface area (Å²) in [5.41, 5.74) is 6.15. The van der Waals surface area contributed by atoms with Gasteiger partial charge in [-0.3, -0.25) is 4.79 Å².